The summed E-state index contributed by atoms with van der Waals surface area (Å²) in [6.07, 6.45) is 6.79. The molecule has 3 heteroatoms. The van der Waals surface area contributed by atoms with Gasteiger partial charge in [0, 0.05) is 6.04 Å². The summed E-state index contributed by atoms with van der Waals surface area (Å²) in [6, 6.07) is -0.0203. The minimum Gasteiger partial charge on any atom is -0.480 e. The number of hydrogen-bond acceptors (Lipinski definition) is 2. The molecule has 0 heterocycles. The molecular formula is C12H23NO2. The molecule has 0 radical (unpaired) electrons. The van der Waals surface area contributed by atoms with E-state index in [-0.39, 0.29) is 6.04 Å². The molecule has 0 aromatic carbocycles. The van der Waals surface area contributed by atoms with Crippen LogP contribution in [0, 0.1) is 5.92 Å². The van der Waals surface area contributed by atoms with E-state index >= 15 is 0 Å². The summed E-state index contributed by atoms with van der Waals surface area (Å²) in [7, 11) is 0. The Kier molecular flexibility index (Phi) is 5.09. The van der Waals surface area contributed by atoms with Gasteiger partial charge in [-0.2, -0.15) is 0 Å². The van der Waals surface area contributed by atoms with Gasteiger partial charge in [0.25, 0.3) is 0 Å². The summed E-state index contributed by atoms with van der Waals surface area (Å²) in [5.74, 6) is 0.126. The van der Waals surface area contributed by atoms with Crippen LogP contribution in [-0.4, -0.2) is 23.2 Å². The number of carboxylic acid groups (broad SMARTS) is 1. The molecule has 2 unspecified atom stereocenters. The number of hydrogen-bond donors (Lipinski definition) is 2. The van der Waals surface area contributed by atoms with Crippen molar-refractivity contribution in [2.75, 3.05) is 0 Å². The number of aliphatic carboxylic acids is 1. The summed E-state index contributed by atoms with van der Waals surface area (Å²) in [5, 5.41) is 12.2. The Labute approximate surface area is 92.3 Å². The van der Waals surface area contributed by atoms with Crippen LogP contribution in [0.3, 0.4) is 0 Å². The van der Waals surface area contributed by atoms with E-state index in [1.807, 2.05) is 6.92 Å². The van der Waals surface area contributed by atoms with Gasteiger partial charge in [0.1, 0.15) is 6.04 Å². The van der Waals surface area contributed by atoms with Crippen LogP contribution in [0.5, 0.6) is 0 Å². The van der Waals surface area contributed by atoms with Crippen molar-refractivity contribution in [3.63, 3.8) is 0 Å². The first-order valence-corrected chi connectivity index (χ1v) is 6.12. The molecule has 0 bridgehead atoms. The van der Waals surface area contributed by atoms with E-state index in [0.29, 0.717) is 6.04 Å². The first-order valence-electron chi connectivity index (χ1n) is 6.12. The van der Waals surface area contributed by atoms with Gasteiger partial charge >= 0.3 is 5.97 Å². The topological polar surface area (TPSA) is 49.3 Å². The van der Waals surface area contributed by atoms with Gasteiger partial charge in [0.2, 0.25) is 0 Å². The Bertz CT molecular complexity index is 202. The van der Waals surface area contributed by atoms with E-state index < -0.39 is 5.97 Å². The van der Waals surface area contributed by atoms with Crippen molar-refractivity contribution in [2.45, 2.75) is 64.5 Å². The lowest BCUT2D eigenvalue weighted by Gasteiger charge is -2.29. The number of nitrogens with one attached hydrogen (secondary N) is 1. The summed E-state index contributed by atoms with van der Waals surface area (Å²) in [5.41, 5.74) is 0. The van der Waals surface area contributed by atoms with Crippen LogP contribution in [0.25, 0.3) is 0 Å². The number of carbonyl (C=O) groups is 1. The van der Waals surface area contributed by atoms with Crippen LogP contribution in [-0.2, 0) is 4.79 Å². The van der Waals surface area contributed by atoms with Crippen molar-refractivity contribution < 1.29 is 9.90 Å². The molecule has 1 aliphatic carbocycles. The monoisotopic (exact) mass is 213 g/mol. The third-order valence-corrected chi connectivity index (χ3v) is 3.27. The molecule has 0 amide bonds. The van der Waals surface area contributed by atoms with Crippen LogP contribution < -0.4 is 5.32 Å². The van der Waals surface area contributed by atoms with Gasteiger partial charge in [-0.3, -0.25) is 4.79 Å². The largest absolute Gasteiger partial charge is 0.480 e. The minimum absolute atomic E-state index is 0.336. The molecule has 2 atom stereocenters. The Hall–Kier alpha value is -0.570. The lowest BCUT2D eigenvalue weighted by atomic mass is 9.81. The highest BCUT2D eigenvalue weighted by atomic mass is 16.4. The molecule has 0 spiro atoms. The standard InChI is InChI=1S/C12H23NO2/c1-3-5-11(12(14)15)13-9(2)8-10-6-4-7-10/h9-11,13H,3-8H2,1-2H3,(H,14,15). The molecule has 1 fully saturated rings. The second kappa shape index (κ2) is 6.11. The zero-order chi connectivity index (χ0) is 11.3. The van der Waals surface area contributed by atoms with Crippen LogP contribution in [0.1, 0.15) is 52.4 Å². The molecule has 0 saturated heterocycles. The second-order valence-corrected chi connectivity index (χ2v) is 4.78. The van der Waals surface area contributed by atoms with Crippen molar-refractivity contribution in [3.8, 4) is 0 Å². The van der Waals surface area contributed by atoms with Crippen LogP contribution in [0.2, 0.25) is 0 Å². The number of rotatable bonds is 7. The normalized spacial score (nSPS) is 20.7. The van der Waals surface area contributed by atoms with Gasteiger partial charge in [-0.05, 0) is 25.7 Å². The molecule has 0 aromatic heterocycles. The van der Waals surface area contributed by atoms with E-state index in [1.165, 1.54) is 19.3 Å². The van der Waals surface area contributed by atoms with E-state index in [0.717, 1.165) is 25.2 Å². The third-order valence-electron chi connectivity index (χ3n) is 3.27. The zero-order valence-corrected chi connectivity index (χ0v) is 9.83. The maximum Gasteiger partial charge on any atom is 0.320 e. The van der Waals surface area contributed by atoms with Gasteiger partial charge in [-0.1, -0.05) is 32.6 Å². The first kappa shape index (κ1) is 12.5. The Morgan fingerprint density at radius 3 is 2.60 bits per heavy atom. The molecule has 2 N–H and O–H groups in total. The average Bonchev–Trinajstić information content (AvgIpc) is 2.10. The maximum absolute atomic E-state index is 10.9. The van der Waals surface area contributed by atoms with Crippen LogP contribution >= 0.6 is 0 Å². The van der Waals surface area contributed by atoms with Crippen molar-refractivity contribution in [3.05, 3.63) is 0 Å². The number of carboxylic acids is 1. The maximum atomic E-state index is 10.9. The van der Waals surface area contributed by atoms with E-state index in [1.54, 1.807) is 0 Å². The van der Waals surface area contributed by atoms with E-state index in [2.05, 4.69) is 12.2 Å². The SMILES string of the molecule is CCCC(NC(C)CC1CCC1)C(=O)O. The van der Waals surface area contributed by atoms with Crippen molar-refractivity contribution in [1.29, 1.82) is 0 Å². The zero-order valence-electron chi connectivity index (χ0n) is 9.83. The highest BCUT2D eigenvalue weighted by molar-refractivity contribution is 5.73. The fraction of sp³-hybridized carbons (Fsp3) is 0.917. The van der Waals surface area contributed by atoms with Gasteiger partial charge in [0.15, 0.2) is 0 Å². The van der Waals surface area contributed by atoms with Crippen molar-refractivity contribution in [2.24, 2.45) is 5.92 Å². The predicted molar refractivity (Wildman–Crippen MR) is 60.9 cm³/mol. The van der Waals surface area contributed by atoms with E-state index in [9.17, 15) is 4.79 Å². The van der Waals surface area contributed by atoms with E-state index in [4.69, 9.17) is 5.11 Å². The van der Waals surface area contributed by atoms with Gasteiger partial charge in [-0.15, -0.1) is 0 Å². The molecule has 1 rings (SSSR count). The average molecular weight is 213 g/mol. The molecule has 3 nitrogen and oxygen atoms in total. The lowest BCUT2D eigenvalue weighted by Crippen LogP contribution is -2.43. The molecule has 1 saturated carbocycles. The molecule has 0 aromatic rings. The Morgan fingerprint density at radius 2 is 2.20 bits per heavy atom. The third kappa shape index (κ3) is 4.20. The quantitative estimate of drug-likeness (QED) is 0.682. The van der Waals surface area contributed by atoms with Crippen LogP contribution in [0.4, 0.5) is 0 Å². The summed E-state index contributed by atoms with van der Waals surface area (Å²) in [4.78, 5) is 10.9. The van der Waals surface area contributed by atoms with Crippen molar-refractivity contribution >= 4 is 5.97 Å². The molecule has 0 aliphatic heterocycles. The Balaban J connectivity index is 2.25. The fourth-order valence-electron chi connectivity index (χ4n) is 2.21. The molecule has 88 valence electrons. The Morgan fingerprint density at radius 1 is 1.53 bits per heavy atom. The summed E-state index contributed by atoms with van der Waals surface area (Å²) >= 11 is 0. The van der Waals surface area contributed by atoms with Gasteiger partial charge in [0.05, 0.1) is 0 Å². The minimum atomic E-state index is -0.711. The van der Waals surface area contributed by atoms with Gasteiger partial charge < -0.3 is 10.4 Å². The first-order chi connectivity index (χ1) is 7.13. The van der Waals surface area contributed by atoms with Crippen LogP contribution in [0.15, 0.2) is 0 Å². The highest BCUT2D eigenvalue weighted by Crippen LogP contribution is 2.30. The second-order valence-electron chi connectivity index (χ2n) is 4.78. The fourth-order valence-corrected chi connectivity index (χ4v) is 2.21. The smallest absolute Gasteiger partial charge is 0.320 e. The summed E-state index contributed by atoms with van der Waals surface area (Å²) < 4.78 is 0. The van der Waals surface area contributed by atoms with Gasteiger partial charge in [-0.25, -0.2) is 0 Å². The van der Waals surface area contributed by atoms with Crippen molar-refractivity contribution in [1.82, 2.24) is 5.32 Å². The molecular weight excluding hydrogens is 190 g/mol. The highest BCUT2D eigenvalue weighted by Gasteiger charge is 2.23. The summed E-state index contributed by atoms with van der Waals surface area (Å²) in [6.45, 7) is 4.12. The molecule has 1 aliphatic rings. The molecule has 15 heavy (non-hydrogen) atoms. The lowest BCUT2D eigenvalue weighted by molar-refractivity contribution is -0.139. The predicted octanol–water partition coefficient (Wildman–Crippen LogP) is 2.41.